The number of carbonyl (C=O) groups excluding carboxylic acids is 2. The number of amides is 2. The number of benzene rings is 2. The van der Waals surface area contributed by atoms with Crippen molar-refractivity contribution in [1.29, 1.82) is 0 Å². The lowest BCUT2D eigenvalue weighted by Gasteiger charge is -2.38. The van der Waals surface area contributed by atoms with E-state index in [2.05, 4.69) is 5.32 Å². The maximum atomic E-state index is 13.4. The Hall–Kier alpha value is -2.73. The molecule has 0 bridgehead atoms. The Morgan fingerprint density at radius 2 is 1.77 bits per heavy atom. The normalized spacial score (nSPS) is 17.9. The predicted octanol–water partition coefficient (Wildman–Crippen LogP) is 3.68. The standard InChI is InChI=1S/C24H27FN2O3/c1-27(23(29)17-6-7-17)21-5-3-2-4-20(21)22(28)26-16-24(12-14-30-15-13-24)18-8-10-19(25)11-9-18/h2-5,8-11,17H,6-7,12-16H2,1H3,(H,26,28). The van der Waals surface area contributed by atoms with Crippen LogP contribution >= 0.6 is 0 Å². The molecule has 1 saturated heterocycles. The Kier molecular flexibility index (Phi) is 5.86. The highest BCUT2D eigenvalue weighted by Gasteiger charge is 2.36. The monoisotopic (exact) mass is 410 g/mol. The van der Waals surface area contributed by atoms with E-state index >= 15 is 0 Å². The number of anilines is 1. The van der Waals surface area contributed by atoms with E-state index < -0.39 is 0 Å². The van der Waals surface area contributed by atoms with Crippen LogP contribution < -0.4 is 10.2 Å². The fourth-order valence-electron chi connectivity index (χ4n) is 4.16. The van der Waals surface area contributed by atoms with Crippen LogP contribution in [0.4, 0.5) is 10.1 Å². The molecule has 1 N–H and O–H groups in total. The highest BCUT2D eigenvalue weighted by Crippen LogP contribution is 2.35. The van der Waals surface area contributed by atoms with E-state index in [1.54, 1.807) is 42.3 Å². The Morgan fingerprint density at radius 1 is 1.10 bits per heavy atom. The van der Waals surface area contributed by atoms with E-state index in [0.29, 0.717) is 31.0 Å². The fourth-order valence-corrected chi connectivity index (χ4v) is 4.16. The minimum atomic E-state index is -0.299. The van der Waals surface area contributed by atoms with Crippen LogP contribution in [-0.2, 0) is 14.9 Å². The van der Waals surface area contributed by atoms with Gasteiger partial charge in [0.25, 0.3) is 5.91 Å². The molecule has 6 heteroatoms. The van der Waals surface area contributed by atoms with Crippen LogP contribution in [0.5, 0.6) is 0 Å². The van der Waals surface area contributed by atoms with Gasteiger partial charge in [0, 0.05) is 38.1 Å². The van der Waals surface area contributed by atoms with Gasteiger partial charge in [-0.3, -0.25) is 9.59 Å². The highest BCUT2D eigenvalue weighted by atomic mass is 19.1. The summed E-state index contributed by atoms with van der Waals surface area (Å²) in [5.74, 6) is -0.353. The highest BCUT2D eigenvalue weighted by molar-refractivity contribution is 6.05. The molecule has 1 saturated carbocycles. The number of nitrogens with one attached hydrogen (secondary N) is 1. The first-order valence-electron chi connectivity index (χ1n) is 10.5. The van der Waals surface area contributed by atoms with Crippen molar-refractivity contribution in [1.82, 2.24) is 5.32 Å². The third-order valence-corrected chi connectivity index (χ3v) is 6.26. The summed E-state index contributed by atoms with van der Waals surface area (Å²) in [5.41, 5.74) is 1.80. The summed E-state index contributed by atoms with van der Waals surface area (Å²) in [4.78, 5) is 27.2. The van der Waals surface area contributed by atoms with Crippen LogP contribution in [-0.4, -0.2) is 38.6 Å². The Labute approximate surface area is 176 Å². The number of hydrogen-bond acceptors (Lipinski definition) is 3. The molecule has 2 fully saturated rings. The SMILES string of the molecule is CN(C(=O)C1CC1)c1ccccc1C(=O)NCC1(c2ccc(F)cc2)CCOCC1. The smallest absolute Gasteiger partial charge is 0.253 e. The second-order valence-electron chi connectivity index (χ2n) is 8.27. The van der Waals surface area contributed by atoms with Gasteiger partial charge in [-0.15, -0.1) is 0 Å². The van der Waals surface area contributed by atoms with E-state index in [1.807, 2.05) is 6.07 Å². The van der Waals surface area contributed by atoms with E-state index in [9.17, 15) is 14.0 Å². The molecule has 1 aliphatic heterocycles. The molecular formula is C24H27FN2O3. The molecule has 1 heterocycles. The van der Waals surface area contributed by atoms with Crippen LogP contribution in [0.15, 0.2) is 48.5 Å². The number of halogens is 1. The molecule has 1 aliphatic carbocycles. The molecule has 158 valence electrons. The van der Waals surface area contributed by atoms with Gasteiger partial charge in [0.05, 0.1) is 11.3 Å². The van der Waals surface area contributed by atoms with Gasteiger partial charge in [-0.25, -0.2) is 4.39 Å². The third kappa shape index (κ3) is 4.24. The largest absolute Gasteiger partial charge is 0.381 e. The summed E-state index contributed by atoms with van der Waals surface area (Å²) < 4.78 is 19.0. The molecule has 30 heavy (non-hydrogen) atoms. The van der Waals surface area contributed by atoms with E-state index in [0.717, 1.165) is 31.2 Å². The molecule has 0 unspecified atom stereocenters. The van der Waals surface area contributed by atoms with E-state index in [1.165, 1.54) is 12.1 Å². The van der Waals surface area contributed by atoms with Gasteiger partial charge in [-0.1, -0.05) is 24.3 Å². The Balaban J connectivity index is 1.53. The number of carbonyl (C=O) groups is 2. The number of nitrogens with zero attached hydrogens (tertiary/aromatic N) is 1. The zero-order valence-corrected chi connectivity index (χ0v) is 17.2. The molecule has 0 spiro atoms. The number of hydrogen-bond donors (Lipinski definition) is 1. The summed E-state index contributed by atoms with van der Waals surface area (Å²) in [6.07, 6.45) is 3.33. The maximum absolute atomic E-state index is 13.4. The average Bonchev–Trinajstić information content (AvgIpc) is 3.63. The summed E-state index contributed by atoms with van der Waals surface area (Å²) in [7, 11) is 1.73. The van der Waals surface area contributed by atoms with Crippen molar-refractivity contribution in [2.75, 3.05) is 31.7 Å². The molecule has 2 aromatic rings. The second-order valence-corrected chi connectivity index (χ2v) is 8.27. The maximum Gasteiger partial charge on any atom is 0.253 e. The summed E-state index contributed by atoms with van der Waals surface area (Å²) in [6, 6.07) is 13.7. The van der Waals surface area contributed by atoms with Gasteiger partial charge in [0.15, 0.2) is 0 Å². The van der Waals surface area contributed by atoms with Gasteiger partial charge < -0.3 is 15.0 Å². The minimum Gasteiger partial charge on any atom is -0.381 e. The van der Waals surface area contributed by atoms with Gasteiger partial charge >= 0.3 is 0 Å². The third-order valence-electron chi connectivity index (χ3n) is 6.26. The Morgan fingerprint density at radius 3 is 2.43 bits per heavy atom. The quantitative estimate of drug-likeness (QED) is 0.790. The van der Waals surface area contributed by atoms with Crippen molar-refractivity contribution in [2.45, 2.75) is 31.1 Å². The van der Waals surface area contributed by atoms with Crippen molar-refractivity contribution < 1.29 is 18.7 Å². The zero-order valence-electron chi connectivity index (χ0n) is 17.2. The molecular weight excluding hydrogens is 383 g/mol. The number of ether oxygens (including phenoxy) is 1. The van der Waals surface area contributed by atoms with Crippen LogP contribution in [0, 0.1) is 11.7 Å². The van der Waals surface area contributed by atoms with Crippen LogP contribution in [0.25, 0.3) is 0 Å². The lowest BCUT2D eigenvalue weighted by atomic mass is 9.74. The number of rotatable bonds is 6. The topological polar surface area (TPSA) is 58.6 Å². The molecule has 2 aromatic carbocycles. The lowest BCUT2D eigenvalue weighted by molar-refractivity contribution is -0.119. The average molecular weight is 410 g/mol. The first-order chi connectivity index (χ1) is 14.5. The molecule has 4 rings (SSSR count). The first kappa shape index (κ1) is 20.5. The molecule has 2 amide bonds. The van der Waals surface area contributed by atoms with Gasteiger partial charge in [0.1, 0.15) is 5.82 Å². The van der Waals surface area contributed by atoms with Crippen LogP contribution in [0.2, 0.25) is 0 Å². The number of para-hydroxylation sites is 1. The first-order valence-corrected chi connectivity index (χ1v) is 10.5. The molecule has 2 aliphatic rings. The van der Waals surface area contributed by atoms with Gasteiger partial charge in [-0.05, 0) is 55.5 Å². The summed E-state index contributed by atoms with van der Waals surface area (Å²) in [6.45, 7) is 1.63. The van der Waals surface area contributed by atoms with Crippen molar-refractivity contribution in [2.24, 2.45) is 5.92 Å². The second kappa shape index (κ2) is 8.56. The molecule has 0 atom stereocenters. The van der Waals surface area contributed by atoms with Gasteiger partial charge in [-0.2, -0.15) is 0 Å². The zero-order chi connectivity index (χ0) is 21.1. The van der Waals surface area contributed by atoms with Crippen LogP contribution in [0.3, 0.4) is 0 Å². The van der Waals surface area contributed by atoms with Crippen molar-refractivity contribution >= 4 is 17.5 Å². The summed E-state index contributed by atoms with van der Waals surface area (Å²) in [5, 5.41) is 3.08. The Bertz CT molecular complexity index is 918. The lowest BCUT2D eigenvalue weighted by Crippen LogP contribution is -2.45. The van der Waals surface area contributed by atoms with Crippen molar-refractivity contribution in [3.05, 3.63) is 65.5 Å². The van der Waals surface area contributed by atoms with Crippen LogP contribution in [0.1, 0.15) is 41.6 Å². The van der Waals surface area contributed by atoms with E-state index in [4.69, 9.17) is 4.74 Å². The summed E-state index contributed by atoms with van der Waals surface area (Å²) >= 11 is 0. The van der Waals surface area contributed by atoms with Crippen molar-refractivity contribution in [3.8, 4) is 0 Å². The minimum absolute atomic E-state index is 0.0578. The fraction of sp³-hybridized carbons (Fsp3) is 0.417. The predicted molar refractivity (Wildman–Crippen MR) is 113 cm³/mol. The van der Waals surface area contributed by atoms with Gasteiger partial charge in [0.2, 0.25) is 5.91 Å². The molecule has 0 radical (unpaired) electrons. The van der Waals surface area contributed by atoms with Crippen molar-refractivity contribution in [3.63, 3.8) is 0 Å². The van der Waals surface area contributed by atoms with E-state index in [-0.39, 0.29) is 29.0 Å². The molecule has 5 nitrogen and oxygen atoms in total. The molecule has 0 aromatic heterocycles.